The van der Waals surface area contributed by atoms with Gasteiger partial charge in [-0.15, -0.1) is 0 Å². The molecule has 1 heterocycles. The highest BCUT2D eigenvalue weighted by molar-refractivity contribution is 7.17. The van der Waals surface area contributed by atoms with E-state index in [1.54, 1.807) is 6.07 Å². The molecule has 1 aromatic carbocycles. The van der Waals surface area contributed by atoms with Gasteiger partial charge in [-0.25, -0.2) is 0 Å². The Morgan fingerprint density at radius 2 is 1.84 bits per heavy atom. The average molecular weight is 275 g/mol. The number of hydrogen-bond donors (Lipinski definition) is 1. The van der Waals surface area contributed by atoms with Crippen LogP contribution in [0.2, 0.25) is 0 Å². The van der Waals surface area contributed by atoms with Crippen LogP contribution in [0.4, 0.5) is 10.7 Å². The highest BCUT2D eigenvalue weighted by Crippen LogP contribution is 2.26. The number of benzene rings is 1. The normalized spacial score (nSPS) is 10.2. The van der Waals surface area contributed by atoms with Crippen LogP contribution in [-0.2, 0) is 0 Å². The third-order valence-electron chi connectivity index (χ3n) is 2.69. The largest absolute Gasteiger partial charge is 0.378 e. The standard InChI is InChI=1S/C13H13N3O2S/c1-15(2)10-5-3-9(4-6-10)13(14)11-7-8-12(19-11)16(17)18/h3-8,14H,1-2H3. The monoisotopic (exact) mass is 275 g/mol. The number of nitrogens with one attached hydrogen (secondary N) is 1. The highest BCUT2D eigenvalue weighted by Gasteiger charge is 2.14. The molecule has 0 bridgehead atoms. The number of rotatable bonds is 4. The molecule has 0 aliphatic carbocycles. The van der Waals surface area contributed by atoms with Crippen molar-refractivity contribution in [3.05, 3.63) is 57.0 Å². The zero-order valence-electron chi connectivity index (χ0n) is 10.6. The predicted octanol–water partition coefficient (Wildman–Crippen LogP) is 3.14. The number of hydrogen-bond acceptors (Lipinski definition) is 5. The fourth-order valence-corrected chi connectivity index (χ4v) is 2.42. The smallest absolute Gasteiger partial charge is 0.324 e. The molecule has 0 saturated carbocycles. The molecule has 0 atom stereocenters. The first-order chi connectivity index (χ1) is 8.99. The maximum Gasteiger partial charge on any atom is 0.324 e. The van der Waals surface area contributed by atoms with Gasteiger partial charge in [0.15, 0.2) is 0 Å². The molecular weight excluding hydrogens is 262 g/mol. The van der Waals surface area contributed by atoms with Crippen LogP contribution in [-0.4, -0.2) is 24.7 Å². The van der Waals surface area contributed by atoms with Crippen molar-refractivity contribution in [3.63, 3.8) is 0 Å². The van der Waals surface area contributed by atoms with Gasteiger partial charge in [-0.05, 0) is 18.2 Å². The second kappa shape index (κ2) is 5.19. The molecule has 0 fully saturated rings. The van der Waals surface area contributed by atoms with Crippen molar-refractivity contribution in [2.75, 3.05) is 19.0 Å². The minimum Gasteiger partial charge on any atom is -0.378 e. The summed E-state index contributed by atoms with van der Waals surface area (Å²) in [6.45, 7) is 0. The first-order valence-electron chi connectivity index (χ1n) is 5.60. The van der Waals surface area contributed by atoms with E-state index in [1.165, 1.54) is 6.07 Å². The fraction of sp³-hybridized carbons (Fsp3) is 0.154. The van der Waals surface area contributed by atoms with Crippen LogP contribution in [0, 0.1) is 15.5 Å². The van der Waals surface area contributed by atoms with Crippen LogP contribution < -0.4 is 4.90 Å². The maximum atomic E-state index is 10.6. The number of nitrogens with zero attached hydrogens (tertiary/aromatic N) is 2. The Kier molecular flexibility index (Phi) is 3.62. The van der Waals surface area contributed by atoms with Gasteiger partial charge in [0, 0.05) is 31.4 Å². The molecule has 0 aliphatic rings. The molecular formula is C13H13N3O2S. The van der Waals surface area contributed by atoms with Crippen molar-refractivity contribution < 1.29 is 4.92 Å². The predicted molar refractivity (Wildman–Crippen MR) is 77.7 cm³/mol. The minimum atomic E-state index is -0.434. The third kappa shape index (κ3) is 2.79. The van der Waals surface area contributed by atoms with E-state index in [0.29, 0.717) is 10.6 Å². The summed E-state index contributed by atoms with van der Waals surface area (Å²) in [6, 6.07) is 10.6. The summed E-state index contributed by atoms with van der Waals surface area (Å²) in [5, 5.41) is 18.8. The van der Waals surface area contributed by atoms with Gasteiger partial charge in [-0.3, -0.25) is 15.5 Å². The Morgan fingerprint density at radius 1 is 1.21 bits per heavy atom. The van der Waals surface area contributed by atoms with Gasteiger partial charge in [0.2, 0.25) is 0 Å². The maximum absolute atomic E-state index is 10.6. The summed E-state index contributed by atoms with van der Waals surface area (Å²) in [7, 11) is 3.89. The van der Waals surface area contributed by atoms with E-state index < -0.39 is 4.92 Å². The van der Waals surface area contributed by atoms with Gasteiger partial charge in [0.1, 0.15) is 0 Å². The summed E-state index contributed by atoms with van der Waals surface area (Å²) >= 11 is 1.02. The summed E-state index contributed by atoms with van der Waals surface area (Å²) in [5.74, 6) is 0. The van der Waals surface area contributed by atoms with Crippen LogP contribution in [0.1, 0.15) is 10.4 Å². The van der Waals surface area contributed by atoms with Crippen LogP contribution in [0.3, 0.4) is 0 Å². The van der Waals surface area contributed by atoms with Crippen LogP contribution in [0.5, 0.6) is 0 Å². The van der Waals surface area contributed by atoms with Gasteiger partial charge in [0.25, 0.3) is 0 Å². The third-order valence-corrected chi connectivity index (χ3v) is 3.74. The summed E-state index contributed by atoms with van der Waals surface area (Å²) in [6.07, 6.45) is 0. The van der Waals surface area contributed by atoms with Gasteiger partial charge in [-0.1, -0.05) is 23.5 Å². The Morgan fingerprint density at radius 3 is 2.32 bits per heavy atom. The van der Waals surface area contributed by atoms with Gasteiger partial charge < -0.3 is 4.90 Å². The molecule has 2 aromatic rings. The highest BCUT2D eigenvalue weighted by atomic mass is 32.1. The van der Waals surface area contributed by atoms with Crippen molar-refractivity contribution in [2.45, 2.75) is 0 Å². The van der Waals surface area contributed by atoms with Crippen LogP contribution in [0.15, 0.2) is 36.4 Å². The Bertz CT molecular complexity index is 617. The molecule has 0 saturated heterocycles. The quantitative estimate of drug-likeness (QED) is 0.529. The van der Waals surface area contributed by atoms with Crippen molar-refractivity contribution in [2.24, 2.45) is 0 Å². The molecule has 0 radical (unpaired) electrons. The van der Waals surface area contributed by atoms with Crippen LogP contribution >= 0.6 is 11.3 Å². The first-order valence-corrected chi connectivity index (χ1v) is 6.41. The van der Waals surface area contributed by atoms with Crippen molar-refractivity contribution in [1.82, 2.24) is 0 Å². The molecule has 0 aliphatic heterocycles. The fourth-order valence-electron chi connectivity index (χ4n) is 1.63. The van der Waals surface area contributed by atoms with E-state index in [4.69, 9.17) is 5.41 Å². The van der Waals surface area contributed by atoms with E-state index in [1.807, 2.05) is 43.3 Å². The summed E-state index contributed by atoms with van der Waals surface area (Å²) in [5.41, 5.74) is 2.11. The Labute approximate surface area is 114 Å². The van der Waals surface area contributed by atoms with Gasteiger partial charge >= 0.3 is 5.00 Å². The molecule has 0 spiro atoms. The second-order valence-corrected chi connectivity index (χ2v) is 5.27. The summed E-state index contributed by atoms with van der Waals surface area (Å²) in [4.78, 5) is 12.8. The van der Waals surface area contributed by atoms with E-state index in [0.717, 1.165) is 22.6 Å². The van der Waals surface area contributed by atoms with E-state index in [9.17, 15) is 10.1 Å². The lowest BCUT2D eigenvalue weighted by Gasteiger charge is -2.12. The van der Waals surface area contributed by atoms with Gasteiger partial charge in [0.05, 0.1) is 15.5 Å². The van der Waals surface area contributed by atoms with Gasteiger partial charge in [-0.2, -0.15) is 0 Å². The zero-order valence-corrected chi connectivity index (χ0v) is 11.4. The molecule has 0 unspecified atom stereocenters. The number of thiophene rings is 1. The molecule has 0 amide bonds. The van der Waals surface area contributed by atoms with E-state index in [2.05, 4.69) is 0 Å². The molecule has 5 nitrogen and oxygen atoms in total. The summed E-state index contributed by atoms with van der Waals surface area (Å²) < 4.78 is 0. The van der Waals surface area contributed by atoms with Crippen molar-refractivity contribution in [3.8, 4) is 0 Å². The van der Waals surface area contributed by atoms with Crippen LogP contribution in [0.25, 0.3) is 0 Å². The lowest BCUT2D eigenvalue weighted by atomic mass is 10.1. The zero-order chi connectivity index (χ0) is 14.0. The topological polar surface area (TPSA) is 70.2 Å². The van der Waals surface area contributed by atoms with E-state index >= 15 is 0 Å². The van der Waals surface area contributed by atoms with Crippen molar-refractivity contribution >= 4 is 27.7 Å². The molecule has 1 N–H and O–H groups in total. The number of nitro groups is 1. The molecule has 98 valence electrons. The first kappa shape index (κ1) is 13.2. The second-order valence-electron chi connectivity index (χ2n) is 4.21. The lowest BCUT2D eigenvalue weighted by Crippen LogP contribution is -2.08. The SMILES string of the molecule is CN(C)c1ccc(C(=N)c2ccc([N+](=O)[O-])s2)cc1. The molecule has 6 heteroatoms. The number of anilines is 1. The van der Waals surface area contributed by atoms with Crippen molar-refractivity contribution in [1.29, 1.82) is 5.41 Å². The Hall–Kier alpha value is -2.21. The lowest BCUT2D eigenvalue weighted by molar-refractivity contribution is -0.380. The molecule has 19 heavy (non-hydrogen) atoms. The Balaban J connectivity index is 2.25. The molecule has 1 aromatic heterocycles. The van der Waals surface area contributed by atoms with E-state index in [-0.39, 0.29) is 5.00 Å². The molecule has 2 rings (SSSR count). The average Bonchev–Trinajstić information content (AvgIpc) is 2.87. The minimum absolute atomic E-state index is 0.0599.